The van der Waals surface area contributed by atoms with Gasteiger partial charge in [0.2, 0.25) is 0 Å². The molecule has 0 aromatic carbocycles. The summed E-state index contributed by atoms with van der Waals surface area (Å²) in [5, 5.41) is 3.29. The Kier molecular flexibility index (Phi) is 2.40. The first-order valence-electron chi connectivity index (χ1n) is 4.94. The fourth-order valence-corrected chi connectivity index (χ4v) is 1.95. The van der Waals surface area contributed by atoms with E-state index in [2.05, 4.69) is 29.1 Å². The number of hydrogen-bond acceptors (Lipinski definition) is 4. The SMILES string of the molecule is C[C@@H]1CN(C2=NCCN2)C[C@@H](C)O1. The smallest absolute Gasteiger partial charge is 0.194 e. The van der Waals surface area contributed by atoms with Crippen molar-refractivity contribution < 1.29 is 4.74 Å². The number of hydrogen-bond donors (Lipinski definition) is 1. The Bertz CT molecular complexity index is 207. The number of nitrogens with one attached hydrogen (secondary N) is 1. The van der Waals surface area contributed by atoms with Crippen molar-refractivity contribution in [2.24, 2.45) is 4.99 Å². The van der Waals surface area contributed by atoms with Crippen LogP contribution in [0, 0.1) is 0 Å². The van der Waals surface area contributed by atoms with Crippen LogP contribution in [-0.4, -0.2) is 49.2 Å². The summed E-state index contributed by atoms with van der Waals surface area (Å²) in [6, 6.07) is 0. The molecule has 1 N–H and O–H groups in total. The molecule has 1 saturated heterocycles. The van der Waals surface area contributed by atoms with Crippen molar-refractivity contribution in [3.8, 4) is 0 Å². The van der Waals surface area contributed by atoms with Crippen molar-refractivity contribution in [2.45, 2.75) is 26.1 Å². The van der Waals surface area contributed by atoms with E-state index < -0.39 is 0 Å². The van der Waals surface area contributed by atoms with Gasteiger partial charge in [0.15, 0.2) is 5.96 Å². The maximum absolute atomic E-state index is 5.65. The highest BCUT2D eigenvalue weighted by molar-refractivity contribution is 5.81. The van der Waals surface area contributed by atoms with Crippen LogP contribution in [0.2, 0.25) is 0 Å². The molecule has 2 aliphatic heterocycles. The number of ether oxygens (including phenoxy) is 1. The zero-order valence-corrected chi connectivity index (χ0v) is 8.29. The molecular weight excluding hydrogens is 166 g/mol. The van der Waals surface area contributed by atoms with Crippen molar-refractivity contribution in [3.63, 3.8) is 0 Å². The van der Waals surface area contributed by atoms with Gasteiger partial charge in [-0.15, -0.1) is 0 Å². The lowest BCUT2D eigenvalue weighted by molar-refractivity contribution is -0.0487. The number of rotatable bonds is 0. The number of morpholine rings is 1. The van der Waals surface area contributed by atoms with Crippen LogP contribution < -0.4 is 5.32 Å². The summed E-state index contributed by atoms with van der Waals surface area (Å²) in [5.74, 6) is 1.06. The maximum Gasteiger partial charge on any atom is 0.194 e. The molecule has 4 nitrogen and oxygen atoms in total. The Hall–Kier alpha value is -0.770. The molecule has 0 unspecified atom stereocenters. The Labute approximate surface area is 79.0 Å². The van der Waals surface area contributed by atoms with E-state index >= 15 is 0 Å². The van der Waals surface area contributed by atoms with Crippen LogP contribution in [0.1, 0.15) is 13.8 Å². The van der Waals surface area contributed by atoms with E-state index in [0.29, 0.717) is 12.2 Å². The predicted octanol–water partition coefficient (Wildman–Crippen LogP) is 0.0548. The van der Waals surface area contributed by atoms with Gasteiger partial charge in [0.1, 0.15) is 0 Å². The zero-order valence-electron chi connectivity index (χ0n) is 8.29. The normalized spacial score (nSPS) is 34.3. The minimum Gasteiger partial charge on any atom is -0.372 e. The van der Waals surface area contributed by atoms with Gasteiger partial charge in [-0.1, -0.05) is 0 Å². The summed E-state index contributed by atoms with van der Waals surface area (Å²) in [5.41, 5.74) is 0. The Morgan fingerprint density at radius 1 is 1.38 bits per heavy atom. The standard InChI is InChI=1S/C9H17N3O/c1-7-5-12(6-8(2)13-7)9-10-3-4-11-9/h7-8H,3-6H2,1-2H3,(H,10,11)/t7-,8-/m1/s1. The second-order valence-corrected chi connectivity index (χ2v) is 3.79. The minimum absolute atomic E-state index is 0.314. The van der Waals surface area contributed by atoms with Gasteiger partial charge in [0.25, 0.3) is 0 Å². The van der Waals surface area contributed by atoms with E-state index in [-0.39, 0.29) is 0 Å². The molecule has 4 heteroatoms. The second kappa shape index (κ2) is 3.54. The van der Waals surface area contributed by atoms with Gasteiger partial charge in [0, 0.05) is 19.6 Å². The number of aliphatic imine (C=N–C) groups is 1. The minimum atomic E-state index is 0.314. The summed E-state index contributed by atoms with van der Waals surface area (Å²) in [6.07, 6.45) is 0.627. The Morgan fingerprint density at radius 3 is 2.62 bits per heavy atom. The van der Waals surface area contributed by atoms with Crippen molar-refractivity contribution in [3.05, 3.63) is 0 Å². The lowest BCUT2D eigenvalue weighted by atomic mass is 10.2. The van der Waals surface area contributed by atoms with Crippen molar-refractivity contribution in [1.82, 2.24) is 10.2 Å². The van der Waals surface area contributed by atoms with E-state index in [1.54, 1.807) is 0 Å². The van der Waals surface area contributed by atoms with Crippen LogP contribution in [0.5, 0.6) is 0 Å². The fourth-order valence-electron chi connectivity index (χ4n) is 1.95. The van der Waals surface area contributed by atoms with Crippen LogP contribution >= 0.6 is 0 Å². The summed E-state index contributed by atoms with van der Waals surface area (Å²) in [6.45, 7) is 8.02. The third kappa shape index (κ3) is 1.94. The summed E-state index contributed by atoms with van der Waals surface area (Å²) < 4.78 is 5.65. The molecule has 0 aromatic rings. The molecule has 13 heavy (non-hydrogen) atoms. The third-order valence-corrected chi connectivity index (χ3v) is 2.38. The van der Waals surface area contributed by atoms with Crippen molar-refractivity contribution in [2.75, 3.05) is 26.2 Å². The van der Waals surface area contributed by atoms with E-state index in [0.717, 1.165) is 32.1 Å². The topological polar surface area (TPSA) is 36.9 Å². The van der Waals surface area contributed by atoms with Gasteiger partial charge < -0.3 is 15.0 Å². The first-order chi connectivity index (χ1) is 6.25. The van der Waals surface area contributed by atoms with E-state index in [9.17, 15) is 0 Å². The quantitative estimate of drug-likeness (QED) is 0.577. The highest BCUT2D eigenvalue weighted by Gasteiger charge is 2.25. The molecule has 0 aromatic heterocycles. The predicted molar refractivity (Wildman–Crippen MR) is 51.9 cm³/mol. The molecule has 2 heterocycles. The zero-order chi connectivity index (χ0) is 9.26. The Balaban J connectivity index is 1.98. The van der Waals surface area contributed by atoms with Crippen molar-refractivity contribution >= 4 is 5.96 Å². The molecule has 74 valence electrons. The molecule has 0 radical (unpaired) electrons. The van der Waals surface area contributed by atoms with Gasteiger partial charge in [0.05, 0.1) is 18.8 Å². The second-order valence-electron chi connectivity index (χ2n) is 3.79. The molecule has 2 rings (SSSR count). The molecule has 0 aliphatic carbocycles. The van der Waals surface area contributed by atoms with Gasteiger partial charge >= 0.3 is 0 Å². The molecule has 2 atom stereocenters. The molecular formula is C9H17N3O. The Morgan fingerprint density at radius 2 is 2.08 bits per heavy atom. The lowest BCUT2D eigenvalue weighted by Crippen LogP contribution is -2.51. The van der Waals surface area contributed by atoms with E-state index in [1.165, 1.54) is 0 Å². The lowest BCUT2D eigenvalue weighted by Gasteiger charge is -2.36. The van der Waals surface area contributed by atoms with Crippen LogP contribution in [0.15, 0.2) is 4.99 Å². The average molecular weight is 183 g/mol. The maximum atomic E-state index is 5.65. The summed E-state index contributed by atoms with van der Waals surface area (Å²) in [7, 11) is 0. The average Bonchev–Trinajstić information content (AvgIpc) is 2.53. The first kappa shape index (κ1) is 8.81. The molecule has 0 spiro atoms. The van der Waals surface area contributed by atoms with Crippen LogP contribution in [0.25, 0.3) is 0 Å². The van der Waals surface area contributed by atoms with Crippen molar-refractivity contribution in [1.29, 1.82) is 0 Å². The summed E-state index contributed by atoms with van der Waals surface area (Å²) >= 11 is 0. The molecule has 2 aliphatic rings. The molecule has 0 bridgehead atoms. The number of guanidine groups is 1. The largest absolute Gasteiger partial charge is 0.372 e. The fraction of sp³-hybridized carbons (Fsp3) is 0.889. The summed E-state index contributed by atoms with van der Waals surface area (Å²) in [4.78, 5) is 6.69. The van der Waals surface area contributed by atoms with Gasteiger partial charge in [-0.2, -0.15) is 0 Å². The molecule has 0 saturated carbocycles. The number of nitrogens with zero attached hydrogens (tertiary/aromatic N) is 2. The monoisotopic (exact) mass is 183 g/mol. The first-order valence-corrected chi connectivity index (χ1v) is 4.94. The highest BCUT2D eigenvalue weighted by atomic mass is 16.5. The molecule has 0 amide bonds. The molecule has 1 fully saturated rings. The highest BCUT2D eigenvalue weighted by Crippen LogP contribution is 2.11. The van der Waals surface area contributed by atoms with Gasteiger partial charge in [-0.25, -0.2) is 0 Å². The van der Waals surface area contributed by atoms with Crippen LogP contribution in [0.3, 0.4) is 0 Å². The van der Waals surface area contributed by atoms with Gasteiger partial charge in [-0.05, 0) is 13.8 Å². The third-order valence-electron chi connectivity index (χ3n) is 2.38. The van der Waals surface area contributed by atoms with Crippen LogP contribution in [0.4, 0.5) is 0 Å². The van der Waals surface area contributed by atoms with Crippen LogP contribution in [-0.2, 0) is 4.74 Å². The van der Waals surface area contributed by atoms with E-state index in [1.807, 2.05) is 0 Å². The van der Waals surface area contributed by atoms with Gasteiger partial charge in [-0.3, -0.25) is 4.99 Å². The van der Waals surface area contributed by atoms with E-state index in [4.69, 9.17) is 4.74 Å².